The zero-order valence-corrected chi connectivity index (χ0v) is 20.3. The number of ether oxygens (including phenoxy) is 2. The second-order valence-corrected chi connectivity index (χ2v) is 8.81. The molecule has 2 amide bonds. The van der Waals surface area contributed by atoms with Gasteiger partial charge < -0.3 is 19.7 Å². The summed E-state index contributed by atoms with van der Waals surface area (Å²) in [6, 6.07) is 23.1. The van der Waals surface area contributed by atoms with E-state index in [9.17, 15) is 9.59 Å². The Labute approximate surface area is 206 Å². The lowest BCUT2D eigenvalue weighted by Gasteiger charge is -2.31. The van der Waals surface area contributed by atoms with Gasteiger partial charge in [-0.25, -0.2) is 0 Å². The number of amides is 2. The van der Waals surface area contributed by atoms with Crippen molar-refractivity contribution in [3.05, 3.63) is 95.1 Å². The Morgan fingerprint density at radius 2 is 1.63 bits per heavy atom. The molecular formula is C29H32N2O4. The van der Waals surface area contributed by atoms with Gasteiger partial charge in [0.05, 0.1) is 0 Å². The molecule has 35 heavy (non-hydrogen) atoms. The van der Waals surface area contributed by atoms with Crippen molar-refractivity contribution in [1.29, 1.82) is 0 Å². The first kappa shape index (κ1) is 24.3. The topological polar surface area (TPSA) is 67.9 Å². The number of fused-ring (bicyclic) bond motifs is 1. The molecule has 0 saturated carbocycles. The summed E-state index contributed by atoms with van der Waals surface area (Å²) >= 11 is 0. The van der Waals surface area contributed by atoms with Crippen molar-refractivity contribution in [3.8, 4) is 11.5 Å². The van der Waals surface area contributed by atoms with Crippen molar-refractivity contribution < 1.29 is 19.1 Å². The molecule has 0 unspecified atom stereocenters. The van der Waals surface area contributed by atoms with Gasteiger partial charge >= 0.3 is 0 Å². The predicted molar refractivity (Wildman–Crippen MR) is 135 cm³/mol. The summed E-state index contributed by atoms with van der Waals surface area (Å²) in [7, 11) is 1.62. The van der Waals surface area contributed by atoms with Crippen LogP contribution in [0, 0.1) is 6.92 Å². The maximum atomic E-state index is 13.6. The van der Waals surface area contributed by atoms with Crippen LogP contribution in [0.25, 0.3) is 0 Å². The lowest BCUT2D eigenvalue weighted by Crippen LogP contribution is -2.49. The SMILES string of the molecule is CNC(=O)[C@H](Cc1ccccc1)N(Cc1cccc(C)c1)C(=O)CCc1ccc2c(c1)OCCO2. The van der Waals surface area contributed by atoms with Gasteiger partial charge in [0, 0.05) is 26.4 Å². The lowest BCUT2D eigenvalue weighted by molar-refractivity contribution is -0.141. The van der Waals surface area contributed by atoms with Crippen molar-refractivity contribution in [2.24, 2.45) is 0 Å². The number of nitrogens with zero attached hydrogens (tertiary/aromatic N) is 1. The molecule has 0 saturated heterocycles. The number of hydrogen-bond donors (Lipinski definition) is 1. The van der Waals surface area contributed by atoms with Gasteiger partial charge in [-0.2, -0.15) is 0 Å². The molecule has 6 heteroatoms. The largest absolute Gasteiger partial charge is 0.486 e. The van der Waals surface area contributed by atoms with Gasteiger partial charge in [-0.15, -0.1) is 0 Å². The van der Waals surface area contributed by atoms with Crippen molar-refractivity contribution in [2.45, 2.75) is 38.8 Å². The molecule has 1 aliphatic heterocycles. The summed E-state index contributed by atoms with van der Waals surface area (Å²) in [5.41, 5.74) is 4.12. The van der Waals surface area contributed by atoms with Crippen molar-refractivity contribution in [3.63, 3.8) is 0 Å². The van der Waals surface area contributed by atoms with E-state index >= 15 is 0 Å². The highest BCUT2D eigenvalue weighted by atomic mass is 16.6. The third kappa shape index (κ3) is 6.41. The molecule has 6 nitrogen and oxygen atoms in total. The van der Waals surface area contributed by atoms with E-state index in [1.165, 1.54) is 0 Å². The number of aryl methyl sites for hydroxylation is 2. The summed E-state index contributed by atoms with van der Waals surface area (Å²) in [6.45, 7) is 3.46. The van der Waals surface area contributed by atoms with Crippen LogP contribution in [0.1, 0.15) is 28.7 Å². The van der Waals surface area contributed by atoms with Gasteiger partial charge in [-0.3, -0.25) is 9.59 Å². The van der Waals surface area contributed by atoms with E-state index in [4.69, 9.17) is 9.47 Å². The van der Waals surface area contributed by atoms with Gasteiger partial charge in [-0.1, -0.05) is 66.2 Å². The fourth-order valence-corrected chi connectivity index (χ4v) is 4.37. The quantitative estimate of drug-likeness (QED) is 0.510. The molecule has 0 spiro atoms. The highest BCUT2D eigenvalue weighted by Crippen LogP contribution is 2.31. The number of benzene rings is 3. The molecule has 0 fully saturated rings. The van der Waals surface area contributed by atoms with Gasteiger partial charge in [0.1, 0.15) is 19.3 Å². The monoisotopic (exact) mass is 472 g/mol. The molecule has 1 atom stereocenters. The summed E-state index contributed by atoms with van der Waals surface area (Å²) in [5.74, 6) is 1.21. The van der Waals surface area contributed by atoms with E-state index in [1.54, 1.807) is 11.9 Å². The van der Waals surface area contributed by atoms with Crippen LogP contribution in [-0.4, -0.2) is 43.0 Å². The van der Waals surface area contributed by atoms with E-state index in [0.29, 0.717) is 38.3 Å². The Morgan fingerprint density at radius 3 is 2.37 bits per heavy atom. The summed E-state index contributed by atoms with van der Waals surface area (Å²) in [5, 5.41) is 2.76. The Hall–Kier alpha value is -3.80. The molecule has 0 radical (unpaired) electrons. The number of carbonyl (C=O) groups excluding carboxylic acids is 2. The molecule has 1 aliphatic rings. The smallest absolute Gasteiger partial charge is 0.242 e. The van der Waals surface area contributed by atoms with E-state index < -0.39 is 6.04 Å². The Bertz CT molecular complexity index is 1160. The fraction of sp³-hybridized carbons (Fsp3) is 0.310. The van der Waals surface area contributed by atoms with Crippen LogP contribution in [-0.2, 0) is 29.0 Å². The summed E-state index contributed by atoms with van der Waals surface area (Å²) < 4.78 is 11.3. The fourth-order valence-electron chi connectivity index (χ4n) is 4.37. The third-order valence-electron chi connectivity index (χ3n) is 6.19. The van der Waals surface area contributed by atoms with E-state index in [0.717, 1.165) is 28.0 Å². The number of nitrogens with one attached hydrogen (secondary N) is 1. The van der Waals surface area contributed by atoms with Crippen molar-refractivity contribution >= 4 is 11.8 Å². The molecular weight excluding hydrogens is 440 g/mol. The van der Waals surface area contributed by atoms with Crippen LogP contribution in [0.3, 0.4) is 0 Å². The van der Waals surface area contributed by atoms with Crippen LogP contribution in [0.15, 0.2) is 72.8 Å². The van der Waals surface area contributed by atoms with E-state index in [-0.39, 0.29) is 18.2 Å². The van der Waals surface area contributed by atoms with Crippen LogP contribution in [0.2, 0.25) is 0 Å². The standard InChI is InChI=1S/C29H32N2O4/c1-21-7-6-10-24(17-21)20-31(25(29(33)30-2)18-22-8-4-3-5-9-22)28(32)14-12-23-11-13-26-27(19-23)35-16-15-34-26/h3-11,13,17,19,25H,12,14-16,18,20H2,1-2H3,(H,30,33)/t25-/m0/s1. The lowest BCUT2D eigenvalue weighted by atomic mass is 10.0. The Kier molecular flexibility index (Phi) is 8.03. The molecule has 4 rings (SSSR count). The Morgan fingerprint density at radius 1 is 0.886 bits per heavy atom. The zero-order chi connectivity index (χ0) is 24.6. The molecule has 1 N–H and O–H groups in total. The average molecular weight is 473 g/mol. The van der Waals surface area contributed by atoms with Crippen LogP contribution < -0.4 is 14.8 Å². The molecule has 0 aromatic heterocycles. The van der Waals surface area contributed by atoms with Crippen LogP contribution in [0.5, 0.6) is 11.5 Å². The normalized spacial score (nSPS) is 13.1. The first-order valence-electron chi connectivity index (χ1n) is 12.0. The number of likely N-dealkylation sites (N-methyl/N-ethyl adjacent to an activating group) is 1. The second-order valence-electron chi connectivity index (χ2n) is 8.81. The second kappa shape index (κ2) is 11.6. The van der Waals surface area contributed by atoms with Crippen LogP contribution in [0.4, 0.5) is 0 Å². The van der Waals surface area contributed by atoms with Gasteiger partial charge in [0.15, 0.2) is 11.5 Å². The highest BCUT2D eigenvalue weighted by molar-refractivity contribution is 5.88. The molecule has 3 aromatic carbocycles. The average Bonchev–Trinajstić information content (AvgIpc) is 2.89. The number of carbonyl (C=O) groups is 2. The highest BCUT2D eigenvalue weighted by Gasteiger charge is 2.29. The van der Waals surface area contributed by atoms with Crippen LogP contribution >= 0.6 is 0 Å². The minimum Gasteiger partial charge on any atom is -0.486 e. The minimum absolute atomic E-state index is 0.0640. The summed E-state index contributed by atoms with van der Waals surface area (Å²) in [4.78, 5) is 28.4. The van der Waals surface area contributed by atoms with E-state index in [2.05, 4.69) is 11.4 Å². The summed E-state index contributed by atoms with van der Waals surface area (Å²) in [6.07, 6.45) is 1.28. The molecule has 1 heterocycles. The third-order valence-corrected chi connectivity index (χ3v) is 6.19. The van der Waals surface area contributed by atoms with Gasteiger partial charge in [0.25, 0.3) is 0 Å². The molecule has 182 valence electrons. The minimum atomic E-state index is -0.615. The number of rotatable bonds is 9. The first-order chi connectivity index (χ1) is 17.0. The Balaban J connectivity index is 1.56. The van der Waals surface area contributed by atoms with Crippen molar-refractivity contribution in [2.75, 3.05) is 20.3 Å². The van der Waals surface area contributed by atoms with E-state index in [1.807, 2.05) is 73.7 Å². The maximum absolute atomic E-state index is 13.6. The molecule has 0 bridgehead atoms. The van der Waals surface area contributed by atoms with Gasteiger partial charge in [-0.05, 0) is 42.2 Å². The van der Waals surface area contributed by atoms with Gasteiger partial charge in [0.2, 0.25) is 11.8 Å². The molecule has 3 aromatic rings. The first-order valence-corrected chi connectivity index (χ1v) is 12.0. The predicted octanol–water partition coefficient (Wildman–Crippen LogP) is 4.08. The number of hydrogen-bond acceptors (Lipinski definition) is 4. The maximum Gasteiger partial charge on any atom is 0.242 e. The van der Waals surface area contributed by atoms with Crippen molar-refractivity contribution in [1.82, 2.24) is 10.2 Å². The zero-order valence-electron chi connectivity index (χ0n) is 20.3. The molecule has 0 aliphatic carbocycles.